The van der Waals surface area contributed by atoms with Crippen LogP contribution in [0.3, 0.4) is 0 Å². The largest absolute Gasteiger partial charge is 0.291 e. The Kier molecular flexibility index (Phi) is 4.39. The van der Waals surface area contributed by atoms with E-state index in [1.165, 1.54) is 6.07 Å². The molecule has 2 rings (SSSR count). The second-order valence-electron chi connectivity index (χ2n) is 3.99. The van der Waals surface area contributed by atoms with Crippen molar-refractivity contribution in [2.45, 2.75) is 19.8 Å². The summed E-state index contributed by atoms with van der Waals surface area (Å²) in [6.45, 7) is 2.04. The number of nitrogens with zero attached hydrogens (tertiary/aromatic N) is 3. The summed E-state index contributed by atoms with van der Waals surface area (Å²) in [6.07, 6.45) is 6.70. The van der Waals surface area contributed by atoms with Gasteiger partial charge in [0.25, 0.3) is 5.56 Å². The highest BCUT2D eigenvalue weighted by molar-refractivity contribution is 5.79. The van der Waals surface area contributed by atoms with Crippen LogP contribution in [0.5, 0.6) is 0 Å². The van der Waals surface area contributed by atoms with Gasteiger partial charge < -0.3 is 0 Å². The third kappa shape index (κ3) is 4.02. The highest BCUT2D eigenvalue weighted by Gasteiger charge is 1.99. The van der Waals surface area contributed by atoms with Crippen LogP contribution < -0.4 is 11.0 Å². The Morgan fingerprint density at radius 2 is 2.42 bits per heavy atom. The number of rotatable bonds is 5. The Hall–Kier alpha value is -2.50. The summed E-state index contributed by atoms with van der Waals surface area (Å²) in [5, 5.41) is 4.01. The Bertz CT molecular complexity index is 606. The summed E-state index contributed by atoms with van der Waals surface area (Å²) in [7, 11) is 0. The van der Waals surface area contributed by atoms with Crippen molar-refractivity contribution in [1.29, 1.82) is 0 Å². The van der Waals surface area contributed by atoms with Crippen molar-refractivity contribution in [1.82, 2.24) is 15.0 Å². The standard InChI is InChI=1S/C13H15N5O/c1-2-4-11-7-12(19)17-13(16-11)18-15-9-10-5-3-6-14-8-10/h3,5-9H,2,4H2,1H3,(H2,16,17,18,19)/b15-9+. The third-order valence-corrected chi connectivity index (χ3v) is 2.37. The van der Waals surface area contributed by atoms with E-state index in [1.54, 1.807) is 18.6 Å². The van der Waals surface area contributed by atoms with Crippen LogP contribution in [0, 0.1) is 0 Å². The molecule has 0 bridgehead atoms. The fourth-order valence-corrected chi connectivity index (χ4v) is 1.57. The van der Waals surface area contributed by atoms with Gasteiger partial charge in [0.2, 0.25) is 5.95 Å². The molecule has 98 valence electrons. The monoisotopic (exact) mass is 257 g/mol. The molecule has 6 nitrogen and oxygen atoms in total. The van der Waals surface area contributed by atoms with Gasteiger partial charge in [0, 0.05) is 29.7 Å². The van der Waals surface area contributed by atoms with Crippen LogP contribution >= 0.6 is 0 Å². The Morgan fingerprint density at radius 3 is 3.16 bits per heavy atom. The molecule has 0 unspecified atom stereocenters. The van der Waals surface area contributed by atoms with E-state index in [9.17, 15) is 4.79 Å². The molecule has 2 N–H and O–H groups in total. The molecule has 0 saturated heterocycles. The van der Waals surface area contributed by atoms with E-state index in [0.29, 0.717) is 5.95 Å². The number of anilines is 1. The number of aromatic amines is 1. The Labute approximate surface area is 110 Å². The second kappa shape index (κ2) is 6.44. The van der Waals surface area contributed by atoms with Gasteiger partial charge in [-0.05, 0) is 12.5 Å². The first kappa shape index (κ1) is 12.9. The van der Waals surface area contributed by atoms with Gasteiger partial charge in [0.15, 0.2) is 0 Å². The molecule has 0 amide bonds. The van der Waals surface area contributed by atoms with E-state index in [1.807, 2.05) is 19.1 Å². The highest BCUT2D eigenvalue weighted by atomic mass is 16.1. The minimum Gasteiger partial charge on any atom is -0.291 e. The number of nitrogens with one attached hydrogen (secondary N) is 2. The Morgan fingerprint density at radius 1 is 1.53 bits per heavy atom. The Balaban J connectivity index is 2.07. The molecule has 0 aliphatic rings. The van der Waals surface area contributed by atoms with Crippen LogP contribution in [0.15, 0.2) is 40.5 Å². The maximum atomic E-state index is 11.4. The van der Waals surface area contributed by atoms with Crippen LogP contribution in [-0.2, 0) is 6.42 Å². The average Bonchev–Trinajstić information content (AvgIpc) is 2.40. The number of aromatic nitrogens is 3. The lowest BCUT2D eigenvalue weighted by atomic mass is 10.2. The number of aryl methyl sites for hydroxylation is 1. The van der Waals surface area contributed by atoms with Crippen LogP contribution in [0.25, 0.3) is 0 Å². The van der Waals surface area contributed by atoms with Crippen LogP contribution in [0.2, 0.25) is 0 Å². The molecule has 0 aromatic carbocycles. The molecule has 0 spiro atoms. The molecule has 2 heterocycles. The van der Waals surface area contributed by atoms with Gasteiger partial charge in [-0.25, -0.2) is 10.4 Å². The van der Waals surface area contributed by atoms with Crippen molar-refractivity contribution < 1.29 is 0 Å². The molecule has 19 heavy (non-hydrogen) atoms. The quantitative estimate of drug-likeness (QED) is 0.629. The van der Waals surface area contributed by atoms with Gasteiger partial charge in [-0.2, -0.15) is 5.10 Å². The summed E-state index contributed by atoms with van der Waals surface area (Å²) < 4.78 is 0. The average molecular weight is 257 g/mol. The minimum absolute atomic E-state index is 0.183. The van der Waals surface area contributed by atoms with Crippen molar-refractivity contribution in [3.63, 3.8) is 0 Å². The molecule has 0 aliphatic heterocycles. The van der Waals surface area contributed by atoms with Crippen molar-refractivity contribution in [3.05, 3.63) is 52.2 Å². The number of H-pyrrole nitrogens is 1. The summed E-state index contributed by atoms with van der Waals surface area (Å²) in [4.78, 5) is 22.2. The van der Waals surface area contributed by atoms with Gasteiger partial charge in [0.1, 0.15) is 0 Å². The first-order valence-electron chi connectivity index (χ1n) is 6.07. The van der Waals surface area contributed by atoms with Crippen molar-refractivity contribution in [2.24, 2.45) is 5.10 Å². The highest BCUT2D eigenvalue weighted by Crippen LogP contribution is 2.00. The molecule has 0 atom stereocenters. The molecule has 2 aromatic rings. The van der Waals surface area contributed by atoms with Gasteiger partial charge in [-0.15, -0.1) is 0 Å². The van der Waals surface area contributed by atoms with Gasteiger partial charge in [0.05, 0.1) is 6.21 Å². The van der Waals surface area contributed by atoms with E-state index in [0.717, 1.165) is 24.1 Å². The topological polar surface area (TPSA) is 83.0 Å². The zero-order valence-electron chi connectivity index (χ0n) is 10.6. The SMILES string of the molecule is CCCc1cc(=O)[nH]c(N/N=C/c2cccnc2)n1. The lowest BCUT2D eigenvalue weighted by molar-refractivity contribution is 0.867. The normalized spacial score (nSPS) is 10.8. The molecular weight excluding hydrogens is 242 g/mol. The van der Waals surface area contributed by atoms with E-state index in [4.69, 9.17) is 0 Å². The molecule has 0 fully saturated rings. The predicted octanol–water partition coefficient (Wildman–Crippen LogP) is 1.56. The van der Waals surface area contributed by atoms with Gasteiger partial charge in [-0.1, -0.05) is 19.4 Å². The fraction of sp³-hybridized carbons (Fsp3) is 0.231. The molecule has 2 aromatic heterocycles. The van der Waals surface area contributed by atoms with E-state index >= 15 is 0 Å². The molecule has 6 heteroatoms. The summed E-state index contributed by atoms with van der Waals surface area (Å²) in [5.74, 6) is 0.344. The van der Waals surface area contributed by atoms with Crippen LogP contribution in [-0.4, -0.2) is 21.2 Å². The van der Waals surface area contributed by atoms with E-state index in [-0.39, 0.29) is 5.56 Å². The first-order chi connectivity index (χ1) is 9.28. The molecule has 0 radical (unpaired) electrons. The zero-order valence-corrected chi connectivity index (χ0v) is 10.6. The first-order valence-corrected chi connectivity index (χ1v) is 6.07. The summed E-state index contributed by atoms with van der Waals surface area (Å²) in [5.41, 5.74) is 4.14. The summed E-state index contributed by atoms with van der Waals surface area (Å²) >= 11 is 0. The van der Waals surface area contributed by atoms with Crippen LogP contribution in [0.4, 0.5) is 5.95 Å². The predicted molar refractivity (Wildman–Crippen MR) is 74.3 cm³/mol. The lowest BCUT2D eigenvalue weighted by Crippen LogP contribution is -2.11. The minimum atomic E-state index is -0.183. The maximum absolute atomic E-state index is 11.4. The van der Waals surface area contributed by atoms with E-state index in [2.05, 4.69) is 25.5 Å². The van der Waals surface area contributed by atoms with Gasteiger partial charge >= 0.3 is 0 Å². The van der Waals surface area contributed by atoms with Crippen molar-refractivity contribution in [3.8, 4) is 0 Å². The van der Waals surface area contributed by atoms with Gasteiger partial charge in [-0.3, -0.25) is 14.8 Å². The van der Waals surface area contributed by atoms with Crippen molar-refractivity contribution >= 4 is 12.2 Å². The molecular formula is C13H15N5O. The zero-order chi connectivity index (χ0) is 13.5. The second-order valence-corrected chi connectivity index (χ2v) is 3.99. The van der Waals surface area contributed by atoms with Crippen molar-refractivity contribution in [2.75, 3.05) is 5.43 Å². The fourth-order valence-electron chi connectivity index (χ4n) is 1.57. The van der Waals surface area contributed by atoms with E-state index < -0.39 is 0 Å². The number of hydrogen-bond donors (Lipinski definition) is 2. The number of hydrogen-bond acceptors (Lipinski definition) is 5. The number of hydrazone groups is 1. The number of pyridine rings is 1. The third-order valence-electron chi connectivity index (χ3n) is 2.37. The molecule has 0 aliphatic carbocycles. The maximum Gasteiger partial charge on any atom is 0.252 e. The van der Waals surface area contributed by atoms with Crippen LogP contribution in [0.1, 0.15) is 24.6 Å². The lowest BCUT2D eigenvalue weighted by Gasteiger charge is -2.01. The smallest absolute Gasteiger partial charge is 0.252 e. The molecule has 0 saturated carbocycles. The summed E-state index contributed by atoms with van der Waals surface area (Å²) in [6, 6.07) is 5.20.